The first kappa shape index (κ1) is 18.4. The van der Waals surface area contributed by atoms with E-state index in [1.165, 1.54) is 34.3 Å². The molecule has 0 spiro atoms. The number of nitrogens with two attached hydrogens (primary N) is 1. The summed E-state index contributed by atoms with van der Waals surface area (Å²) in [6.45, 7) is 2.20. The number of thioether (sulfide) groups is 1. The lowest BCUT2D eigenvalue weighted by atomic mass is 9.88. The molecule has 3 heterocycles. The number of carbonyl (C=O) groups is 2. The Hall–Kier alpha value is -1.97. The van der Waals surface area contributed by atoms with Crippen LogP contribution in [0.15, 0.2) is 22.8 Å². The molecule has 1 aliphatic carbocycles. The summed E-state index contributed by atoms with van der Waals surface area (Å²) in [5.74, 6) is 0.151. The molecule has 3 N–H and O–H groups in total. The van der Waals surface area contributed by atoms with Gasteiger partial charge in [0.15, 0.2) is 0 Å². The number of anilines is 1. The van der Waals surface area contributed by atoms with E-state index in [0.29, 0.717) is 16.5 Å². The molecule has 0 saturated carbocycles. The largest absolute Gasteiger partial charge is 0.365 e. The van der Waals surface area contributed by atoms with Crippen molar-refractivity contribution >= 4 is 61.5 Å². The number of nitrogens with one attached hydrogen (secondary N) is 1. The van der Waals surface area contributed by atoms with Crippen molar-refractivity contribution in [2.75, 3.05) is 11.1 Å². The second kappa shape index (κ2) is 7.57. The highest BCUT2D eigenvalue weighted by atomic mass is 32.2. The molecule has 0 bridgehead atoms. The van der Waals surface area contributed by atoms with E-state index in [0.717, 1.165) is 40.1 Å². The zero-order chi connectivity index (χ0) is 19.0. The van der Waals surface area contributed by atoms with Gasteiger partial charge in [-0.25, -0.2) is 9.97 Å². The molecule has 4 rings (SSSR count). The van der Waals surface area contributed by atoms with Crippen LogP contribution in [-0.2, 0) is 17.6 Å². The molecule has 0 fully saturated rings. The van der Waals surface area contributed by atoms with Crippen LogP contribution < -0.4 is 11.1 Å². The van der Waals surface area contributed by atoms with E-state index in [-0.39, 0.29) is 11.7 Å². The van der Waals surface area contributed by atoms with Crippen molar-refractivity contribution in [2.45, 2.75) is 31.2 Å². The van der Waals surface area contributed by atoms with Gasteiger partial charge in [0.05, 0.1) is 11.3 Å². The van der Waals surface area contributed by atoms with Gasteiger partial charge in [-0.05, 0) is 42.2 Å². The maximum Gasteiger partial charge on any atom is 0.251 e. The molecule has 0 saturated heterocycles. The summed E-state index contributed by atoms with van der Waals surface area (Å²) in [4.78, 5) is 35.0. The van der Waals surface area contributed by atoms with Gasteiger partial charge >= 0.3 is 0 Å². The van der Waals surface area contributed by atoms with Crippen molar-refractivity contribution in [2.24, 2.45) is 11.7 Å². The third kappa shape index (κ3) is 3.71. The Morgan fingerprint density at radius 3 is 3.07 bits per heavy atom. The normalized spacial score (nSPS) is 16.3. The van der Waals surface area contributed by atoms with Crippen LogP contribution in [0.25, 0.3) is 10.2 Å². The van der Waals surface area contributed by atoms with Gasteiger partial charge in [-0.15, -0.1) is 22.7 Å². The number of primary amides is 1. The van der Waals surface area contributed by atoms with Gasteiger partial charge in [0, 0.05) is 10.3 Å². The first-order valence-electron chi connectivity index (χ1n) is 8.58. The first-order valence-corrected chi connectivity index (χ1v) is 11.3. The standard InChI is InChI=1S/C18H18N4O2S3/c1-9-2-3-10-12(6-9)27-18(14(10)15(19)24)22-13(23)7-26-17-11-4-5-25-16(11)20-8-21-17/h4-5,8-9H,2-3,6-7H2,1H3,(H2,19,24)(H,22,23). The summed E-state index contributed by atoms with van der Waals surface area (Å²) in [5.41, 5.74) is 7.11. The molecule has 140 valence electrons. The molecule has 3 aromatic rings. The number of hydrogen-bond donors (Lipinski definition) is 2. The molecule has 6 nitrogen and oxygen atoms in total. The average molecular weight is 419 g/mol. The summed E-state index contributed by atoms with van der Waals surface area (Å²) in [6, 6.07) is 1.96. The molecule has 3 aromatic heterocycles. The maximum absolute atomic E-state index is 12.5. The van der Waals surface area contributed by atoms with Crippen LogP contribution in [0.5, 0.6) is 0 Å². The van der Waals surface area contributed by atoms with Gasteiger partial charge in [-0.2, -0.15) is 0 Å². The lowest BCUT2D eigenvalue weighted by Gasteiger charge is -2.18. The van der Waals surface area contributed by atoms with Crippen LogP contribution in [0.4, 0.5) is 5.00 Å². The maximum atomic E-state index is 12.5. The van der Waals surface area contributed by atoms with Crippen molar-refractivity contribution in [1.29, 1.82) is 0 Å². The first-order chi connectivity index (χ1) is 13.0. The number of rotatable bonds is 5. The van der Waals surface area contributed by atoms with Crippen molar-refractivity contribution in [3.05, 3.63) is 33.8 Å². The number of aromatic nitrogens is 2. The van der Waals surface area contributed by atoms with Crippen LogP contribution in [0.2, 0.25) is 0 Å². The zero-order valence-corrected chi connectivity index (χ0v) is 17.1. The number of thiophene rings is 2. The smallest absolute Gasteiger partial charge is 0.251 e. The molecule has 1 unspecified atom stereocenters. The zero-order valence-electron chi connectivity index (χ0n) is 14.7. The second-order valence-electron chi connectivity index (χ2n) is 6.58. The van der Waals surface area contributed by atoms with E-state index >= 15 is 0 Å². The highest BCUT2D eigenvalue weighted by Gasteiger charge is 2.27. The predicted molar refractivity (Wildman–Crippen MR) is 111 cm³/mol. The minimum absolute atomic E-state index is 0.170. The molecule has 1 atom stereocenters. The highest BCUT2D eigenvalue weighted by molar-refractivity contribution is 8.00. The fraction of sp³-hybridized carbons (Fsp3) is 0.333. The third-order valence-corrected chi connectivity index (χ3v) is 7.57. The Kier molecular flexibility index (Phi) is 5.16. The lowest BCUT2D eigenvalue weighted by molar-refractivity contribution is -0.113. The summed E-state index contributed by atoms with van der Waals surface area (Å²) >= 11 is 4.39. The minimum atomic E-state index is -0.471. The summed E-state index contributed by atoms with van der Waals surface area (Å²) in [5, 5.41) is 7.17. The fourth-order valence-corrected chi connectivity index (χ4v) is 6.29. The minimum Gasteiger partial charge on any atom is -0.365 e. The molecule has 0 aliphatic heterocycles. The van der Waals surface area contributed by atoms with Gasteiger partial charge in [0.25, 0.3) is 5.91 Å². The van der Waals surface area contributed by atoms with E-state index in [1.807, 2.05) is 11.4 Å². The average Bonchev–Trinajstić information content (AvgIpc) is 3.23. The van der Waals surface area contributed by atoms with Gasteiger partial charge in [0.2, 0.25) is 5.91 Å². The Bertz CT molecular complexity index is 1030. The third-order valence-electron chi connectivity index (χ3n) is 4.58. The van der Waals surface area contributed by atoms with Crippen LogP contribution in [0.1, 0.15) is 34.1 Å². The summed E-state index contributed by atoms with van der Waals surface area (Å²) < 4.78 is 0. The number of carbonyl (C=O) groups excluding carboxylic acids is 2. The molecular weight excluding hydrogens is 400 g/mol. The quantitative estimate of drug-likeness (QED) is 0.486. The fourth-order valence-electron chi connectivity index (χ4n) is 3.28. The Balaban J connectivity index is 1.50. The van der Waals surface area contributed by atoms with Gasteiger partial charge < -0.3 is 11.1 Å². The van der Waals surface area contributed by atoms with Crippen molar-refractivity contribution in [1.82, 2.24) is 9.97 Å². The number of nitrogens with zero attached hydrogens (tertiary/aromatic N) is 2. The Morgan fingerprint density at radius 2 is 2.26 bits per heavy atom. The lowest BCUT2D eigenvalue weighted by Crippen LogP contribution is -2.20. The van der Waals surface area contributed by atoms with E-state index in [1.54, 1.807) is 11.3 Å². The van der Waals surface area contributed by atoms with Crippen molar-refractivity contribution in [3.8, 4) is 0 Å². The highest BCUT2D eigenvalue weighted by Crippen LogP contribution is 2.39. The number of amides is 2. The van der Waals surface area contributed by atoms with Crippen LogP contribution in [0.3, 0.4) is 0 Å². The molecule has 27 heavy (non-hydrogen) atoms. The van der Waals surface area contributed by atoms with E-state index in [2.05, 4.69) is 22.2 Å². The van der Waals surface area contributed by atoms with Gasteiger partial charge in [-0.3, -0.25) is 9.59 Å². The van der Waals surface area contributed by atoms with Crippen LogP contribution >= 0.6 is 34.4 Å². The molecule has 9 heteroatoms. The SMILES string of the molecule is CC1CCc2c(sc(NC(=O)CSc3ncnc4sccc34)c2C(N)=O)C1. The summed E-state index contributed by atoms with van der Waals surface area (Å²) in [7, 11) is 0. The topological polar surface area (TPSA) is 98.0 Å². The van der Waals surface area contributed by atoms with E-state index in [4.69, 9.17) is 5.73 Å². The predicted octanol–water partition coefficient (Wildman–Crippen LogP) is 3.71. The molecule has 0 aromatic carbocycles. The molecule has 2 amide bonds. The van der Waals surface area contributed by atoms with E-state index in [9.17, 15) is 9.59 Å². The van der Waals surface area contributed by atoms with E-state index < -0.39 is 5.91 Å². The van der Waals surface area contributed by atoms with Gasteiger partial charge in [0.1, 0.15) is 21.2 Å². The molecular formula is C18H18N4O2S3. The molecule has 0 radical (unpaired) electrons. The van der Waals surface area contributed by atoms with Gasteiger partial charge in [-0.1, -0.05) is 18.7 Å². The summed E-state index contributed by atoms with van der Waals surface area (Å²) in [6.07, 6.45) is 4.32. The Labute approximate surface area is 168 Å². The number of hydrogen-bond acceptors (Lipinski definition) is 7. The monoisotopic (exact) mass is 418 g/mol. The number of fused-ring (bicyclic) bond motifs is 2. The van der Waals surface area contributed by atoms with Crippen molar-refractivity contribution < 1.29 is 9.59 Å². The second-order valence-corrected chi connectivity index (χ2v) is 9.54. The van der Waals surface area contributed by atoms with Crippen molar-refractivity contribution in [3.63, 3.8) is 0 Å². The van der Waals surface area contributed by atoms with Crippen LogP contribution in [0, 0.1) is 5.92 Å². The Morgan fingerprint density at radius 1 is 1.41 bits per heavy atom. The van der Waals surface area contributed by atoms with Crippen LogP contribution in [-0.4, -0.2) is 27.5 Å². The molecule has 1 aliphatic rings.